The highest BCUT2D eigenvalue weighted by Gasteiger charge is 2.33. The van der Waals surface area contributed by atoms with E-state index in [4.69, 9.17) is 0 Å². The van der Waals surface area contributed by atoms with Crippen LogP contribution in [-0.4, -0.2) is 14.5 Å². The Bertz CT molecular complexity index is 821. The highest BCUT2D eigenvalue weighted by molar-refractivity contribution is 7.92. The largest absolute Gasteiger partial charge is 0.264 e. The predicted molar refractivity (Wildman–Crippen MR) is 80.2 cm³/mol. The SMILES string of the molecule is C[C@H]1CCc2ccccc2N1S(=O)(=O)c1ccc(F)c(F)c1. The Morgan fingerprint density at radius 1 is 1.09 bits per heavy atom. The van der Waals surface area contributed by atoms with E-state index >= 15 is 0 Å². The predicted octanol–water partition coefficient (Wildman–Crippen LogP) is 3.49. The van der Waals surface area contributed by atoms with Crippen LogP contribution in [0, 0.1) is 11.6 Å². The maximum absolute atomic E-state index is 13.4. The van der Waals surface area contributed by atoms with Crippen molar-refractivity contribution in [1.29, 1.82) is 0 Å². The summed E-state index contributed by atoms with van der Waals surface area (Å²) < 4.78 is 53.5. The summed E-state index contributed by atoms with van der Waals surface area (Å²) in [4.78, 5) is -0.241. The summed E-state index contributed by atoms with van der Waals surface area (Å²) in [5.74, 6) is -2.23. The minimum Gasteiger partial charge on any atom is -0.263 e. The Labute approximate surface area is 128 Å². The quantitative estimate of drug-likeness (QED) is 0.848. The second-order valence-corrected chi connectivity index (χ2v) is 7.21. The fraction of sp³-hybridized carbons (Fsp3) is 0.250. The number of fused-ring (bicyclic) bond motifs is 1. The van der Waals surface area contributed by atoms with Crippen molar-refractivity contribution in [2.75, 3.05) is 4.31 Å². The smallest absolute Gasteiger partial charge is 0.263 e. The average molecular weight is 323 g/mol. The minimum atomic E-state index is -3.94. The molecule has 2 aromatic rings. The Morgan fingerprint density at radius 2 is 1.82 bits per heavy atom. The number of hydrogen-bond acceptors (Lipinski definition) is 2. The van der Waals surface area contributed by atoms with Gasteiger partial charge in [-0.3, -0.25) is 4.31 Å². The molecule has 0 unspecified atom stereocenters. The third-order valence-electron chi connectivity index (χ3n) is 3.91. The molecule has 0 saturated heterocycles. The van der Waals surface area contributed by atoms with Crippen LogP contribution in [0.2, 0.25) is 0 Å². The number of halogens is 2. The van der Waals surface area contributed by atoms with Crippen LogP contribution in [0.25, 0.3) is 0 Å². The molecule has 0 spiro atoms. The van der Waals surface area contributed by atoms with Crippen LogP contribution in [0.4, 0.5) is 14.5 Å². The summed E-state index contributed by atoms with van der Waals surface area (Å²) in [6.07, 6.45) is 1.47. The number of anilines is 1. The topological polar surface area (TPSA) is 37.4 Å². The van der Waals surface area contributed by atoms with Gasteiger partial charge >= 0.3 is 0 Å². The molecule has 1 aliphatic heterocycles. The molecule has 1 atom stereocenters. The van der Waals surface area contributed by atoms with E-state index in [0.717, 1.165) is 30.2 Å². The molecule has 6 heteroatoms. The van der Waals surface area contributed by atoms with Crippen LogP contribution in [0.15, 0.2) is 47.4 Å². The molecule has 0 N–H and O–H groups in total. The Morgan fingerprint density at radius 3 is 2.55 bits per heavy atom. The summed E-state index contributed by atoms with van der Waals surface area (Å²) in [6.45, 7) is 1.81. The number of para-hydroxylation sites is 1. The summed E-state index contributed by atoms with van der Waals surface area (Å²) in [7, 11) is -3.94. The number of rotatable bonds is 2. The summed E-state index contributed by atoms with van der Waals surface area (Å²) in [5.41, 5.74) is 1.54. The molecule has 0 saturated carbocycles. The molecule has 1 aliphatic rings. The van der Waals surface area contributed by atoms with Gasteiger partial charge in [0.05, 0.1) is 10.6 Å². The van der Waals surface area contributed by atoms with Gasteiger partial charge in [0.2, 0.25) is 0 Å². The third-order valence-corrected chi connectivity index (χ3v) is 5.83. The van der Waals surface area contributed by atoms with Crippen LogP contribution in [-0.2, 0) is 16.4 Å². The summed E-state index contributed by atoms with van der Waals surface area (Å²) >= 11 is 0. The fourth-order valence-corrected chi connectivity index (χ4v) is 4.51. The maximum Gasteiger partial charge on any atom is 0.264 e. The van der Waals surface area contributed by atoms with E-state index in [9.17, 15) is 17.2 Å². The van der Waals surface area contributed by atoms with Gasteiger partial charge in [-0.15, -0.1) is 0 Å². The lowest BCUT2D eigenvalue weighted by molar-refractivity contribution is 0.504. The lowest BCUT2D eigenvalue weighted by Crippen LogP contribution is -2.42. The van der Waals surface area contributed by atoms with Crippen molar-refractivity contribution in [3.8, 4) is 0 Å². The zero-order chi connectivity index (χ0) is 15.9. The number of benzene rings is 2. The zero-order valence-corrected chi connectivity index (χ0v) is 12.8. The number of nitrogens with zero attached hydrogens (tertiary/aromatic N) is 1. The summed E-state index contributed by atoms with van der Waals surface area (Å²) in [5, 5.41) is 0. The van der Waals surface area contributed by atoms with E-state index in [2.05, 4.69) is 0 Å². The van der Waals surface area contributed by atoms with Gasteiger partial charge in [-0.1, -0.05) is 18.2 Å². The molecule has 0 bridgehead atoms. The fourth-order valence-electron chi connectivity index (χ4n) is 2.77. The molecule has 2 aromatic carbocycles. The lowest BCUT2D eigenvalue weighted by atomic mass is 9.99. The van der Waals surface area contributed by atoms with Crippen LogP contribution < -0.4 is 4.31 Å². The van der Waals surface area contributed by atoms with Gasteiger partial charge in [0, 0.05) is 6.04 Å². The first-order valence-electron chi connectivity index (χ1n) is 6.98. The van der Waals surface area contributed by atoms with Gasteiger partial charge < -0.3 is 0 Å². The average Bonchev–Trinajstić information content (AvgIpc) is 2.49. The minimum absolute atomic E-state index is 0.241. The Hall–Kier alpha value is -1.95. The first-order valence-corrected chi connectivity index (χ1v) is 8.42. The molecule has 0 radical (unpaired) electrons. The van der Waals surface area contributed by atoms with Gasteiger partial charge in [-0.05, 0) is 49.6 Å². The van der Waals surface area contributed by atoms with E-state index in [1.807, 2.05) is 19.1 Å². The van der Waals surface area contributed by atoms with Crippen LogP contribution in [0.1, 0.15) is 18.9 Å². The van der Waals surface area contributed by atoms with E-state index in [0.29, 0.717) is 12.1 Å². The summed E-state index contributed by atoms with van der Waals surface area (Å²) in [6, 6.07) is 9.67. The molecule has 1 heterocycles. The van der Waals surface area contributed by atoms with E-state index in [1.54, 1.807) is 12.1 Å². The normalized spacial score (nSPS) is 18.1. The van der Waals surface area contributed by atoms with Gasteiger partial charge in [0.25, 0.3) is 10.0 Å². The van der Waals surface area contributed by atoms with Gasteiger partial charge in [0.15, 0.2) is 11.6 Å². The third kappa shape index (κ3) is 2.37. The van der Waals surface area contributed by atoms with Crippen LogP contribution in [0.3, 0.4) is 0 Å². The molecule has 22 heavy (non-hydrogen) atoms. The highest BCUT2D eigenvalue weighted by atomic mass is 32.2. The van der Waals surface area contributed by atoms with Crippen molar-refractivity contribution in [1.82, 2.24) is 0 Å². The second kappa shape index (κ2) is 5.35. The van der Waals surface area contributed by atoms with Crippen molar-refractivity contribution >= 4 is 15.7 Å². The molecule has 116 valence electrons. The molecule has 3 rings (SSSR count). The Kier molecular flexibility index (Phi) is 3.64. The second-order valence-electron chi connectivity index (χ2n) is 5.39. The molecular formula is C16H15F2NO2S. The number of sulfonamides is 1. The number of hydrogen-bond donors (Lipinski definition) is 0. The molecular weight excluding hydrogens is 308 g/mol. The Balaban J connectivity index is 2.14. The lowest BCUT2D eigenvalue weighted by Gasteiger charge is -2.36. The van der Waals surface area contributed by atoms with Gasteiger partial charge in [-0.25, -0.2) is 17.2 Å². The van der Waals surface area contributed by atoms with Gasteiger partial charge in [-0.2, -0.15) is 0 Å². The van der Waals surface area contributed by atoms with Crippen molar-refractivity contribution in [2.45, 2.75) is 30.7 Å². The first kappa shape index (κ1) is 15.0. The van der Waals surface area contributed by atoms with Crippen LogP contribution in [0.5, 0.6) is 0 Å². The van der Waals surface area contributed by atoms with Gasteiger partial charge in [0.1, 0.15) is 0 Å². The monoisotopic (exact) mass is 323 g/mol. The highest BCUT2D eigenvalue weighted by Crippen LogP contribution is 2.35. The molecule has 0 aromatic heterocycles. The van der Waals surface area contributed by atoms with Crippen molar-refractivity contribution in [3.63, 3.8) is 0 Å². The van der Waals surface area contributed by atoms with Crippen molar-refractivity contribution < 1.29 is 17.2 Å². The number of aryl methyl sites for hydroxylation is 1. The van der Waals surface area contributed by atoms with Crippen LogP contribution >= 0.6 is 0 Å². The molecule has 0 aliphatic carbocycles. The molecule has 0 amide bonds. The maximum atomic E-state index is 13.4. The van der Waals surface area contributed by atoms with E-state index in [1.165, 1.54) is 4.31 Å². The molecule has 0 fully saturated rings. The first-order chi connectivity index (χ1) is 10.4. The van der Waals surface area contributed by atoms with E-state index < -0.39 is 21.7 Å². The van der Waals surface area contributed by atoms with E-state index in [-0.39, 0.29) is 10.9 Å². The molecule has 3 nitrogen and oxygen atoms in total. The van der Waals surface area contributed by atoms with Crippen molar-refractivity contribution in [2.24, 2.45) is 0 Å². The van der Waals surface area contributed by atoms with Crippen molar-refractivity contribution in [3.05, 3.63) is 59.7 Å². The zero-order valence-electron chi connectivity index (χ0n) is 12.0. The standard InChI is InChI=1S/C16H15F2NO2S/c1-11-6-7-12-4-2-3-5-16(12)19(11)22(20,21)13-8-9-14(17)15(18)10-13/h2-5,8-11H,6-7H2,1H3/t11-/m0/s1.